The summed E-state index contributed by atoms with van der Waals surface area (Å²) >= 11 is 0. The van der Waals surface area contributed by atoms with E-state index >= 15 is 0 Å². The highest BCUT2D eigenvalue weighted by atomic mass is 19.4. The smallest absolute Gasteiger partial charge is 0.347 e. The molecular weight excluding hydrogens is 331 g/mol. The molecule has 0 saturated heterocycles. The molecule has 0 radical (unpaired) electrons. The van der Waals surface area contributed by atoms with E-state index in [1.165, 1.54) is 13.1 Å². The van der Waals surface area contributed by atoms with E-state index in [2.05, 4.69) is 4.98 Å². The molecule has 3 rings (SSSR count). The van der Waals surface area contributed by atoms with Gasteiger partial charge in [-0.25, -0.2) is 4.98 Å². The lowest BCUT2D eigenvalue weighted by atomic mass is 10.1. The van der Waals surface area contributed by atoms with Gasteiger partial charge in [-0.3, -0.25) is 9.20 Å². The molecule has 0 aliphatic heterocycles. The normalized spacial score (nSPS) is 16.9. The second kappa shape index (κ2) is 6.23. The van der Waals surface area contributed by atoms with E-state index < -0.39 is 48.4 Å². The van der Waals surface area contributed by atoms with E-state index in [9.17, 15) is 18.0 Å². The molecule has 0 aliphatic rings. The van der Waals surface area contributed by atoms with Gasteiger partial charge in [0.15, 0.2) is 0 Å². The van der Waals surface area contributed by atoms with Crippen LogP contribution in [0, 0.1) is 13.8 Å². The highest BCUT2D eigenvalue weighted by Crippen LogP contribution is 2.29. The molecule has 2 aromatic heterocycles. The zero-order valence-electron chi connectivity index (χ0n) is 19.8. The fourth-order valence-corrected chi connectivity index (χ4v) is 2.17. The molecule has 0 atom stereocenters. The van der Waals surface area contributed by atoms with Crippen LogP contribution in [-0.4, -0.2) is 15.3 Å². The van der Waals surface area contributed by atoms with Crippen molar-refractivity contribution in [3.63, 3.8) is 0 Å². The largest absolute Gasteiger partial charge is 0.416 e. The number of fused-ring (bicyclic) bond motifs is 1. The molecule has 1 amide bonds. The van der Waals surface area contributed by atoms with E-state index in [1.807, 2.05) is 5.32 Å². The summed E-state index contributed by atoms with van der Waals surface area (Å²) in [5, 5.41) is 1.99. The zero-order chi connectivity index (χ0) is 24.2. The maximum atomic E-state index is 13.0. The standard InChI is InChI=1S/C18H16F3N3O/c1-11-3-8-15-23-12(2)16(24(15)10-11)17(25)22-9-13-4-6-14(7-5-13)18(19,20)21/h3-8,10H,9H2,1-2H3,(H,22,25)/i2D3,3D,8D,9D2. The first-order chi connectivity index (χ1) is 14.5. The average Bonchev–Trinajstić information content (AvgIpc) is 3.05. The average molecular weight is 354 g/mol. The number of pyridine rings is 1. The van der Waals surface area contributed by atoms with Crippen molar-refractivity contribution in [2.75, 3.05) is 0 Å². The van der Waals surface area contributed by atoms with Crippen molar-refractivity contribution in [1.82, 2.24) is 14.7 Å². The molecule has 0 aliphatic carbocycles. The Morgan fingerprint density at radius 2 is 2.08 bits per heavy atom. The van der Waals surface area contributed by atoms with Crippen LogP contribution < -0.4 is 5.32 Å². The van der Waals surface area contributed by atoms with Crippen LogP contribution in [0.25, 0.3) is 5.65 Å². The van der Waals surface area contributed by atoms with Crippen LogP contribution in [0.3, 0.4) is 0 Å². The van der Waals surface area contributed by atoms with E-state index in [0.29, 0.717) is 12.1 Å². The molecule has 0 unspecified atom stereocenters. The molecule has 4 nitrogen and oxygen atoms in total. The summed E-state index contributed by atoms with van der Waals surface area (Å²) in [6.07, 6.45) is -3.39. The van der Waals surface area contributed by atoms with Crippen molar-refractivity contribution < 1.29 is 27.6 Å². The topological polar surface area (TPSA) is 46.4 Å². The van der Waals surface area contributed by atoms with Gasteiger partial charge in [-0.2, -0.15) is 13.2 Å². The lowest BCUT2D eigenvalue weighted by Crippen LogP contribution is -2.25. The number of alkyl halides is 3. The number of nitrogens with one attached hydrogen (secondary N) is 1. The van der Waals surface area contributed by atoms with Crippen molar-refractivity contribution in [3.8, 4) is 0 Å². The molecule has 0 spiro atoms. The molecule has 0 saturated carbocycles. The second-order valence-corrected chi connectivity index (χ2v) is 5.22. The number of rotatable bonds is 3. The Morgan fingerprint density at radius 3 is 2.72 bits per heavy atom. The summed E-state index contributed by atoms with van der Waals surface area (Å²) in [7, 11) is 0. The van der Waals surface area contributed by atoms with Gasteiger partial charge in [0.1, 0.15) is 11.3 Å². The number of carbonyl (C=O) groups is 1. The summed E-state index contributed by atoms with van der Waals surface area (Å²) < 4.78 is 94.3. The van der Waals surface area contributed by atoms with Gasteiger partial charge in [0, 0.05) is 16.8 Å². The fraction of sp³-hybridized carbons (Fsp3) is 0.222. The number of halogens is 3. The Balaban J connectivity index is 2.08. The van der Waals surface area contributed by atoms with Gasteiger partial charge in [-0.05, 0) is 43.1 Å². The van der Waals surface area contributed by atoms with Crippen LogP contribution in [-0.2, 0) is 12.7 Å². The zero-order valence-corrected chi connectivity index (χ0v) is 12.8. The number of benzene rings is 1. The first-order valence-corrected chi connectivity index (χ1v) is 7.03. The minimum absolute atomic E-state index is 0.216. The SMILES string of the molecule is [2H]c1c(C)cn2c(C(=O)NC([2H])([2H])c3ccc(C(F)(F)F)cc3)c(C([2H])([2H])[2H])nc2c1[2H]. The predicted molar refractivity (Wildman–Crippen MR) is 87.3 cm³/mol. The van der Waals surface area contributed by atoms with Gasteiger partial charge in [0.25, 0.3) is 5.91 Å². The lowest BCUT2D eigenvalue weighted by molar-refractivity contribution is -0.137. The monoisotopic (exact) mass is 354 g/mol. The van der Waals surface area contributed by atoms with Crippen LogP contribution in [0.2, 0.25) is 0 Å². The third-order valence-corrected chi connectivity index (χ3v) is 3.35. The van der Waals surface area contributed by atoms with E-state index in [0.717, 1.165) is 16.5 Å². The van der Waals surface area contributed by atoms with Crippen LogP contribution in [0.15, 0.2) is 42.5 Å². The van der Waals surface area contributed by atoms with Crippen molar-refractivity contribution in [1.29, 1.82) is 0 Å². The highest BCUT2D eigenvalue weighted by molar-refractivity contribution is 5.94. The van der Waals surface area contributed by atoms with Crippen molar-refractivity contribution in [2.45, 2.75) is 26.4 Å². The molecular formula is C18H16F3N3O. The number of hydrogen-bond donors (Lipinski definition) is 1. The molecule has 1 aromatic carbocycles. The summed E-state index contributed by atoms with van der Waals surface area (Å²) in [5.74, 6) is -1.20. The predicted octanol–water partition coefficient (Wildman–Crippen LogP) is 3.90. The minimum atomic E-state index is -4.62. The number of carbonyl (C=O) groups excluding carboxylic acids is 1. The van der Waals surface area contributed by atoms with Gasteiger partial charge >= 0.3 is 6.18 Å². The van der Waals surface area contributed by atoms with Crippen molar-refractivity contribution in [2.24, 2.45) is 0 Å². The maximum absolute atomic E-state index is 13.0. The molecule has 2 heterocycles. The summed E-state index contributed by atoms with van der Waals surface area (Å²) in [5.41, 5.74) is -2.58. The molecule has 25 heavy (non-hydrogen) atoms. The lowest BCUT2D eigenvalue weighted by Gasteiger charge is -2.09. The highest BCUT2D eigenvalue weighted by Gasteiger charge is 2.29. The summed E-state index contributed by atoms with van der Waals surface area (Å²) in [4.78, 5) is 16.8. The van der Waals surface area contributed by atoms with Gasteiger partial charge in [-0.15, -0.1) is 0 Å². The van der Waals surface area contributed by atoms with Crippen molar-refractivity contribution in [3.05, 3.63) is 70.6 Å². The number of aryl methyl sites for hydroxylation is 2. The van der Waals surface area contributed by atoms with E-state index in [1.54, 1.807) is 0 Å². The molecule has 1 N–H and O–H groups in total. The number of nitrogens with zero attached hydrogens (tertiary/aromatic N) is 2. The van der Waals surface area contributed by atoms with Crippen LogP contribution in [0.5, 0.6) is 0 Å². The number of aromatic nitrogens is 2. The minimum Gasteiger partial charge on any atom is -0.347 e. The van der Waals surface area contributed by atoms with Crippen molar-refractivity contribution >= 4 is 11.6 Å². The number of hydrogen-bond acceptors (Lipinski definition) is 2. The molecule has 130 valence electrons. The quantitative estimate of drug-likeness (QED) is 0.775. The molecule has 0 fully saturated rings. The number of amides is 1. The van der Waals surface area contributed by atoms with Gasteiger partial charge in [-0.1, -0.05) is 18.2 Å². The Kier molecular flexibility index (Phi) is 2.55. The third kappa shape index (κ3) is 3.50. The Morgan fingerprint density at radius 1 is 1.36 bits per heavy atom. The Labute approximate surface area is 152 Å². The molecule has 3 aromatic rings. The van der Waals surface area contributed by atoms with E-state index in [4.69, 9.17) is 9.60 Å². The van der Waals surface area contributed by atoms with Gasteiger partial charge < -0.3 is 5.32 Å². The third-order valence-electron chi connectivity index (χ3n) is 3.35. The molecule has 0 bridgehead atoms. The first kappa shape index (κ1) is 10.2. The second-order valence-electron chi connectivity index (χ2n) is 5.22. The first-order valence-electron chi connectivity index (χ1n) is 10.5. The van der Waals surface area contributed by atoms with Crippen LogP contribution in [0.1, 0.15) is 42.5 Å². The Hall–Kier alpha value is -2.83. The van der Waals surface area contributed by atoms with Gasteiger partial charge in [0.05, 0.1) is 16.7 Å². The summed E-state index contributed by atoms with van der Waals surface area (Å²) in [6, 6.07) is 2.41. The fourth-order valence-electron chi connectivity index (χ4n) is 2.17. The van der Waals surface area contributed by atoms with Crippen LogP contribution in [0.4, 0.5) is 13.2 Å². The Bertz CT molecular complexity index is 1200. The van der Waals surface area contributed by atoms with Gasteiger partial charge in [0.2, 0.25) is 0 Å². The van der Waals surface area contributed by atoms with Crippen LogP contribution >= 0.6 is 0 Å². The molecule has 7 heteroatoms. The summed E-state index contributed by atoms with van der Waals surface area (Å²) in [6.45, 7) is -4.09. The van der Waals surface area contributed by atoms with E-state index in [-0.39, 0.29) is 22.8 Å². The number of imidazole rings is 1. The maximum Gasteiger partial charge on any atom is 0.416 e.